The SMILES string of the molecule is Cc1ccc(-c2oc3ccccc3c(=O)c2OCC(=O)c2ccc(C)c(C)c2)cc1. The minimum absolute atomic E-state index is 0.0507. The van der Waals surface area contributed by atoms with Crippen molar-refractivity contribution in [3.05, 3.63) is 99.2 Å². The van der Waals surface area contributed by atoms with Gasteiger partial charge >= 0.3 is 0 Å². The second-order valence-corrected chi connectivity index (χ2v) is 7.46. The molecule has 3 aromatic carbocycles. The van der Waals surface area contributed by atoms with Crippen molar-refractivity contribution in [2.75, 3.05) is 6.61 Å². The van der Waals surface area contributed by atoms with Gasteiger partial charge in [-0.2, -0.15) is 0 Å². The standard InChI is InChI=1S/C26H22O4/c1-16-8-11-19(12-9-16)25-26(24(28)21-6-4-5-7-23(21)30-25)29-15-22(27)20-13-10-17(2)18(3)14-20/h4-14H,15H2,1-3H3. The summed E-state index contributed by atoms with van der Waals surface area (Å²) in [6.45, 7) is 5.69. The fourth-order valence-corrected chi connectivity index (χ4v) is 3.29. The van der Waals surface area contributed by atoms with Crippen LogP contribution in [-0.2, 0) is 0 Å². The molecule has 4 nitrogen and oxygen atoms in total. The van der Waals surface area contributed by atoms with Crippen molar-refractivity contribution in [1.29, 1.82) is 0 Å². The third-order valence-electron chi connectivity index (χ3n) is 5.25. The van der Waals surface area contributed by atoms with Gasteiger partial charge < -0.3 is 9.15 Å². The van der Waals surface area contributed by atoms with Crippen LogP contribution >= 0.6 is 0 Å². The zero-order valence-corrected chi connectivity index (χ0v) is 17.2. The van der Waals surface area contributed by atoms with Gasteiger partial charge in [-0.15, -0.1) is 0 Å². The highest BCUT2D eigenvalue weighted by atomic mass is 16.5. The lowest BCUT2D eigenvalue weighted by Gasteiger charge is -2.12. The molecule has 0 bridgehead atoms. The first kappa shape index (κ1) is 19.6. The van der Waals surface area contributed by atoms with Gasteiger partial charge in [0.1, 0.15) is 5.58 Å². The number of para-hydroxylation sites is 1. The van der Waals surface area contributed by atoms with Crippen LogP contribution in [0.25, 0.3) is 22.3 Å². The molecular formula is C26H22O4. The van der Waals surface area contributed by atoms with Crippen LogP contribution in [0.3, 0.4) is 0 Å². The van der Waals surface area contributed by atoms with Crippen LogP contribution in [0.1, 0.15) is 27.0 Å². The number of carbonyl (C=O) groups excluding carboxylic acids is 1. The van der Waals surface area contributed by atoms with Crippen LogP contribution in [0, 0.1) is 20.8 Å². The molecule has 0 fully saturated rings. The topological polar surface area (TPSA) is 56.5 Å². The first-order valence-electron chi connectivity index (χ1n) is 9.80. The Bertz CT molecular complexity index is 1300. The highest BCUT2D eigenvalue weighted by molar-refractivity contribution is 5.97. The van der Waals surface area contributed by atoms with E-state index in [0.29, 0.717) is 22.3 Å². The van der Waals surface area contributed by atoms with Crippen LogP contribution in [-0.4, -0.2) is 12.4 Å². The molecule has 0 saturated carbocycles. The lowest BCUT2D eigenvalue weighted by molar-refractivity contribution is 0.0920. The maximum Gasteiger partial charge on any atom is 0.235 e. The Balaban J connectivity index is 1.74. The second kappa shape index (κ2) is 7.99. The minimum atomic E-state index is -0.291. The molecule has 150 valence electrons. The fraction of sp³-hybridized carbons (Fsp3) is 0.154. The molecule has 0 amide bonds. The summed E-state index contributed by atoms with van der Waals surface area (Å²) in [4.78, 5) is 25.8. The van der Waals surface area contributed by atoms with Gasteiger partial charge in [0.15, 0.2) is 18.2 Å². The van der Waals surface area contributed by atoms with Gasteiger partial charge in [-0.1, -0.05) is 54.1 Å². The van der Waals surface area contributed by atoms with E-state index in [1.807, 2.05) is 63.2 Å². The van der Waals surface area contributed by atoms with Crippen molar-refractivity contribution in [3.63, 3.8) is 0 Å². The van der Waals surface area contributed by atoms with Gasteiger partial charge in [0.2, 0.25) is 11.2 Å². The van der Waals surface area contributed by atoms with Crippen molar-refractivity contribution in [3.8, 4) is 17.1 Å². The molecule has 4 rings (SSSR count). The van der Waals surface area contributed by atoms with Crippen molar-refractivity contribution in [2.24, 2.45) is 0 Å². The van der Waals surface area contributed by atoms with Crippen LogP contribution in [0.5, 0.6) is 5.75 Å². The summed E-state index contributed by atoms with van der Waals surface area (Å²) in [5.41, 5.74) is 4.70. The number of benzene rings is 3. The molecule has 1 aromatic heterocycles. The summed E-state index contributed by atoms with van der Waals surface area (Å²) >= 11 is 0. The molecule has 0 aliphatic heterocycles. The summed E-state index contributed by atoms with van der Waals surface area (Å²) < 4.78 is 11.8. The summed E-state index contributed by atoms with van der Waals surface area (Å²) in [6, 6.07) is 20.2. The van der Waals surface area contributed by atoms with E-state index in [1.165, 1.54) is 0 Å². The van der Waals surface area contributed by atoms with Gasteiger partial charge in [0.05, 0.1) is 5.39 Å². The number of ketones is 1. The average molecular weight is 398 g/mol. The largest absolute Gasteiger partial charge is 0.478 e. The molecule has 30 heavy (non-hydrogen) atoms. The molecule has 0 unspecified atom stereocenters. The Morgan fingerprint density at radius 2 is 1.63 bits per heavy atom. The average Bonchev–Trinajstić information content (AvgIpc) is 2.75. The molecule has 4 aromatic rings. The summed E-state index contributed by atoms with van der Waals surface area (Å²) in [6.07, 6.45) is 0. The lowest BCUT2D eigenvalue weighted by Crippen LogP contribution is -2.17. The monoisotopic (exact) mass is 398 g/mol. The van der Waals surface area contributed by atoms with Crippen molar-refractivity contribution in [1.82, 2.24) is 0 Å². The first-order valence-corrected chi connectivity index (χ1v) is 9.80. The number of hydrogen-bond acceptors (Lipinski definition) is 4. The molecule has 0 aliphatic carbocycles. The summed E-state index contributed by atoms with van der Waals surface area (Å²) in [5, 5.41) is 0.419. The molecule has 4 heteroatoms. The molecule has 0 radical (unpaired) electrons. The molecule has 0 atom stereocenters. The predicted octanol–water partition coefficient (Wildman–Crippen LogP) is 5.65. The Kier molecular flexibility index (Phi) is 5.23. The fourth-order valence-electron chi connectivity index (χ4n) is 3.29. The number of ether oxygens (including phenoxy) is 1. The van der Waals surface area contributed by atoms with E-state index in [4.69, 9.17) is 9.15 Å². The second-order valence-electron chi connectivity index (χ2n) is 7.46. The normalized spacial score (nSPS) is 10.9. The zero-order valence-electron chi connectivity index (χ0n) is 17.2. The van der Waals surface area contributed by atoms with Gasteiger partial charge in [-0.25, -0.2) is 0 Å². The maximum atomic E-state index is 13.1. The van der Waals surface area contributed by atoms with Crippen LogP contribution < -0.4 is 10.2 Å². The number of hydrogen-bond donors (Lipinski definition) is 0. The third kappa shape index (κ3) is 3.77. The molecule has 0 aliphatic rings. The smallest absolute Gasteiger partial charge is 0.235 e. The van der Waals surface area contributed by atoms with Crippen molar-refractivity contribution < 1.29 is 13.9 Å². The highest BCUT2D eigenvalue weighted by Crippen LogP contribution is 2.31. The Hall–Kier alpha value is -3.66. The quantitative estimate of drug-likeness (QED) is 0.408. The van der Waals surface area contributed by atoms with E-state index in [2.05, 4.69) is 0 Å². The van der Waals surface area contributed by atoms with Gasteiger partial charge in [0.25, 0.3) is 0 Å². The zero-order chi connectivity index (χ0) is 21.3. The van der Waals surface area contributed by atoms with E-state index >= 15 is 0 Å². The van der Waals surface area contributed by atoms with Crippen LogP contribution in [0.4, 0.5) is 0 Å². The summed E-state index contributed by atoms with van der Waals surface area (Å²) in [5.74, 6) is 0.182. The van der Waals surface area contributed by atoms with Crippen LogP contribution in [0.2, 0.25) is 0 Å². The number of carbonyl (C=O) groups is 1. The summed E-state index contributed by atoms with van der Waals surface area (Å²) in [7, 11) is 0. The third-order valence-corrected chi connectivity index (χ3v) is 5.25. The van der Waals surface area contributed by atoms with Crippen LogP contribution in [0.15, 0.2) is 75.9 Å². The van der Waals surface area contributed by atoms with Gasteiger partial charge in [-0.05, 0) is 50.1 Å². The number of Topliss-reactive ketones (excluding diaryl/α,β-unsaturated/α-hetero) is 1. The van der Waals surface area contributed by atoms with Gasteiger partial charge in [0, 0.05) is 11.1 Å². The Labute approximate surface area is 174 Å². The molecule has 0 saturated heterocycles. The molecule has 0 N–H and O–H groups in total. The van der Waals surface area contributed by atoms with E-state index in [0.717, 1.165) is 22.3 Å². The van der Waals surface area contributed by atoms with Gasteiger partial charge in [-0.3, -0.25) is 9.59 Å². The van der Waals surface area contributed by atoms with E-state index in [9.17, 15) is 9.59 Å². The predicted molar refractivity (Wildman–Crippen MR) is 118 cm³/mol. The number of aryl methyl sites for hydroxylation is 3. The molecule has 1 heterocycles. The van der Waals surface area contributed by atoms with E-state index in [-0.39, 0.29) is 23.6 Å². The van der Waals surface area contributed by atoms with Crippen molar-refractivity contribution >= 4 is 16.8 Å². The lowest BCUT2D eigenvalue weighted by atomic mass is 10.0. The molecule has 0 spiro atoms. The minimum Gasteiger partial charge on any atom is -0.478 e. The number of fused-ring (bicyclic) bond motifs is 1. The van der Waals surface area contributed by atoms with E-state index < -0.39 is 0 Å². The Morgan fingerprint density at radius 1 is 0.900 bits per heavy atom. The van der Waals surface area contributed by atoms with Crippen molar-refractivity contribution in [2.45, 2.75) is 20.8 Å². The number of rotatable bonds is 5. The highest BCUT2D eigenvalue weighted by Gasteiger charge is 2.19. The van der Waals surface area contributed by atoms with E-state index in [1.54, 1.807) is 24.3 Å². The Morgan fingerprint density at radius 3 is 2.37 bits per heavy atom. The first-order chi connectivity index (χ1) is 14.4. The maximum absolute atomic E-state index is 13.1. The molecular weight excluding hydrogens is 376 g/mol.